The van der Waals surface area contributed by atoms with Crippen molar-refractivity contribution in [3.8, 4) is 0 Å². The molecule has 2 atom stereocenters. The van der Waals surface area contributed by atoms with E-state index in [4.69, 9.17) is 16.3 Å². The molecule has 2 unspecified atom stereocenters. The molecule has 3 heterocycles. The molecule has 3 amide bonds. The number of amides is 3. The smallest absolute Gasteiger partial charge is 0.319 e. The van der Waals surface area contributed by atoms with Crippen LogP contribution in [0.25, 0.3) is 0 Å². The van der Waals surface area contributed by atoms with E-state index in [-0.39, 0.29) is 18.0 Å². The highest BCUT2D eigenvalue weighted by atomic mass is 35.5. The quantitative estimate of drug-likeness (QED) is 0.878. The zero-order chi connectivity index (χ0) is 16.7. The van der Waals surface area contributed by atoms with E-state index in [1.54, 1.807) is 11.0 Å². The van der Waals surface area contributed by atoms with Crippen molar-refractivity contribution >= 4 is 23.5 Å². The van der Waals surface area contributed by atoms with Crippen LogP contribution in [0.2, 0.25) is 5.02 Å². The number of urea groups is 1. The zero-order valence-corrected chi connectivity index (χ0v) is 13.8. The molecular weight excluding hydrogens is 330 g/mol. The molecule has 1 saturated heterocycles. The van der Waals surface area contributed by atoms with Crippen LogP contribution in [0, 0.1) is 0 Å². The normalized spacial score (nSPS) is 26.5. The molecule has 3 aliphatic heterocycles. The van der Waals surface area contributed by atoms with Gasteiger partial charge >= 0.3 is 6.03 Å². The van der Waals surface area contributed by atoms with Gasteiger partial charge in [-0.25, -0.2) is 4.79 Å². The lowest BCUT2D eigenvalue weighted by Gasteiger charge is -2.26. The van der Waals surface area contributed by atoms with E-state index in [9.17, 15) is 9.59 Å². The van der Waals surface area contributed by atoms with Crippen LogP contribution < -0.4 is 10.6 Å². The van der Waals surface area contributed by atoms with Gasteiger partial charge in [-0.3, -0.25) is 4.79 Å². The fourth-order valence-electron chi connectivity index (χ4n) is 3.55. The highest BCUT2D eigenvalue weighted by Crippen LogP contribution is 2.35. The van der Waals surface area contributed by atoms with Crippen molar-refractivity contribution in [3.05, 3.63) is 46.1 Å². The largest absolute Gasteiger partial charge is 0.376 e. The maximum atomic E-state index is 12.9. The van der Waals surface area contributed by atoms with Crippen LogP contribution in [-0.4, -0.2) is 42.6 Å². The average Bonchev–Trinajstić information content (AvgIpc) is 3.16. The third kappa shape index (κ3) is 2.65. The highest BCUT2D eigenvalue weighted by Gasteiger charge is 2.41. The Labute approximate surface area is 144 Å². The summed E-state index contributed by atoms with van der Waals surface area (Å²) in [5.74, 6) is -0.0714. The number of hydrogen-bond donors (Lipinski definition) is 2. The Morgan fingerprint density at radius 1 is 1.29 bits per heavy atom. The predicted octanol–water partition coefficient (Wildman–Crippen LogP) is 1.97. The van der Waals surface area contributed by atoms with Crippen molar-refractivity contribution in [2.24, 2.45) is 0 Å². The number of nitrogens with one attached hydrogen (secondary N) is 2. The number of nitrogens with zero attached hydrogens (tertiary/aromatic N) is 1. The van der Waals surface area contributed by atoms with E-state index in [0.717, 1.165) is 25.0 Å². The molecule has 6 nitrogen and oxygen atoms in total. The van der Waals surface area contributed by atoms with E-state index in [2.05, 4.69) is 10.6 Å². The van der Waals surface area contributed by atoms with Gasteiger partial charge in [-0.2, -0.15) is 0 Å². The molecule has 0 aromatic heterocycles. The fourth-order valence-corrected chi connectivity index (χ4v) is 3.80. The Bertz CT molecular complexity index is 728. The molecule has 0 saturated carbocycles. The van der Waals surface area contributed by atoms with Gasteiger partial charge in [0.2, 0.25) is 0 Å². The Morgan fingerprint density at radius 3 is 2.88 bits per heavy atom. The zero-order valence-electron chi connectivity index (χ0n) is 13.0. The van der Waals surface area contributed by atoms with Crippen molar-refractivity contribution < 1.29 is 14.3 Å². The van der Waals surface area contributed by atoms with E-state index in [0.29, 0.717) is 29.4 Å². The number of hydrogen-bond acceptors (Lipinski definition) is 3. The van der Waals surface area contributed by atoms with Crippen LogP contribution in [0.3, 0.4) is 0 Å². The first kappa shape index (κ1) is 15.5. The standard InChI is InChI=1S/C17H18ClN3O3/c18-12-6-2-1-5-11(12)15-14-13(19-17(23)20-15)9-21(16(14)22)8-10-4-3-7-24-10/h1-2,5-6,10,15H,3-4,7-9H2,(H2,19,20,23). The minimum Gasteiger partial charge on any atom is -0.376 e. The van der Waals surface area contributed by atoms with E-state index in [1.165, 1.54) is 0 Å². The monoisotopic (exact) mass is 347 g/mol. The fraction of sp³-hybridized carbons (Fsp3) is 0.412. The summed E-state index contributed by atoms with van der Waals surface area (Å²) >= 11 is 6.28. The summed E-state index contributed by atoms with van der Waals surface area (Å²) in [5.41, 5.74) is 1.96. The van der Waals surface area contributed by atoms with Crippen LogP contribution in [0.15, 0.2) is 35.5 Å². The van der Waals surface area contributed by atoms with Gasteiger partial charge in [0.05, 0.1) is 30.0 Å². The minimum absolute atomic E-state index is 0.0714. The Hall–Kier alpha value is -2.05. The van der Waals surface area contributed by atoms with Gasteiger partial charge in [-0.05, 0) is 24.5 Å². The number of carbonyl (C=O) groups is 2. The van der Waals surface area contributed by atoms with E-state index < -0.39 is 6.04 Å². The second kappa shape index (κ2) is 6.11. The van der Waals surface area contributed by atoms with E-state index in [1.807, 2.05) is 18.2 Å². The molecule has 7 heteroatoms. The molecule has 3 aliphatic rings. The lowest BCUT2D eigenvalue weighted by atomic mass is 9.96. The van der Waals surface area contributed by atoms with Crippen molar-refractivity contribution in [1.29, 1.82) is 0 Å². The molecular formula is C17H18ClN3O3. The van der Waals surface area contributed by atoms with Gasteiger partial charge < -0.3 is 20.3 Å². The maximum absolute atomic E-state index is 12.9. The van der Waals surface area contributed by atoms with Crippen LogP contribution in [0.4, 0.5) is 4.79 Å². The summed E-state index contributed by atoms with van der Waals surface area (Å²) in [6.07, 6.45) is 2.07. The van der Waals surface area contributed by atoms with Crippen molar-refractivity contribution in [3.63, 3.8) is 0 Å². The summed E-state index contributed by atoms with van der Waals surface area (Å²) in [5, 5.41) is 6.11. The molecule has 0 spiro atoms. The summed E-state index contributed by atoms with van der Waals surface area (Å²) < 4.78 is 5.63. The average molecular weight is 348 g/mol. The van der Waals surface area contributed by atoms with Gasteiger partial charge in [-0.1, -0.05) is 29.8 Å². The summed E-state index contributed by atoms with van der Waals surface area (Å²) in [4.78, 5) is 26.7. The van der Waals surface area contributed by atoms with Crippen LogP contribution in [-0.2, 0) is 9.53 Å². The molecule has 0 aliphatic carbocycles. The first-order valence-corrected chi connectivity index (χ1v) is 8.47. The highest BCUT2D eigenvalue weighted by molar-refractivity contribution is 6.31. The van der Waals surface area contributed by atoms with Gasteiger partial charge in [0.1, 0.15) is 0 Å². The molecule has 1 aromatic rings. The Balaban J connectivity index is 1.62. The molecule has 0 radical (unpaired) electrons. The van der Waals surface area contributed by atoms with Gasteiger partial charge in [-0.15, -0.1) is 0 Å². The van der Waals surface area contributed by atoms with Crippen molar-refractivity contribution in [1.82, 2.24) is 15.5 Å². The number of halogens is 1. The van der Waals surface area contributed by atoms with Crippen LogP contribution in [0.5, 0.6) is 0 Å². The SMILES string of the molecule is O=C1NC2=C(C(=O)N(CC3CCCO3)C2)C(c2ccccc2Cl)N1. The van der Waals surface area contributed by atoms with Gasteiger partial charge in [0.15, 0.2) is 0 Å². The predicted molar refractivity (Wildman–Crippen MR) is 88.4 cm³/mol. The van der Waals surface area contributed by atoms with Gasteiger partial charge in [0.25, 0.3) is 5.91 Å². The topological polar surface area (TPSA) is 70.7 Å². The lowest BCUT2D eigenvalue weighted by Crippen LogP contribution is -2.44. The Kier molecular flexibility index (Phi) is 3.94. The van der Waals surface area contributed by atoms with Crippen molar-refractivity contribution in [2.45, 2.75) is 25.0 Å². The van der Waals surface area contributed by atoms with E-state index >= 15 is 0 Å². The summed E-state index contributed by atoms with van der Waals surface area (Å²) in [6, 6.07) is 6.42. The third-order valence-electron chi connectivity index (χ3n) is 4.68. The molecule has 1 fully saturated rings. The number of rotatable bonds is 3. The first-order valence-electron chi connectivity index (χ1n) is 8.09. The number of ether oxygens (including phenoxy) is 1. The second-order valence-corrected chi connectivity index (χ2v) is 6.67. The lowest BCUT2D eigenvalue weighted by molar-refractivity contribution is -0.127. The molecule has 4 rings (SSSR count). The second-order valence-electron chi connectivity index (χ2n) is 6.27. The first-order chi connectivity index (χ1) is 11.6. The molecule has 1 aromatic carbocycles. The van der Waals surface area contributed by atoms with Crippen LogP contribution >= 0.6 is 11.6 Å². The number of benzene rings is 1. The molecule has 2 N–H and O–H groups in total. The number of carbonyl (C=O) groups excluding carboxylic acids is 2. The van der Waals surface area contributed by atoms with Crippen molar-refractivity contribution in [2.75, 3.05) is 19.7 Å². The summed E-state index contributed by atoms with van der Waals surface area (Å²) in [7, 11) is 0. The van der Waals surface area contributed by atoms with Crippen LogP contribution in [0.1, 0.15) is 24.4 Å². The van der Waals surface area contributed by atoms with Gasteiger partial charge in [0, 0.05) is 18.2 Å². The maximum Gasteiger partial charge on any atom is 0.319 e. The third-order valence-corrected chi connectivity index (χ3v) is 5.03. The summed E-state index contributed by atoms with van der Waals surface area (Å²) in [6.45, 7) is 1.71. The molecule has 126 valence electrons. The minimum atomic E-state index is -0.524. The molecule has 24 heavy (non-hydrogen) atoms. The Morgan fingerprint density at radius 2 is 2.12 bits per heavy atom. The molecule has 0 bridgehead atoms.